The number of fused-ring (bicyclic) bond motifs is 2. The topological polar surface area (TPSA) is 97.1 Å². The van der Waals surface area contributed by atoms with Gasteiger partial charge in [-0.05, 0) is 85.3 Å². The molecule has 8 nitrogen and oxygen atoms in total. The zero-order chi connectivity index (χ0) is 32.5. The van der Waals surface area contributed by atoms with Crippen LogP contribution in [0.25, 0.3) is 21.8 Å². The molecule has 2 fully saturated rings. The number of nitrogens with zero attached hydrogens (tertiary/aromatic N) is 3. The summed E-state index contributed by atoms with van der Waals surface area (Å²) in [6.45, 7) is 0.765. The van der Waals surface area contributed by atoms with Crippen LogP contribution in [0.4, 0.5) is 0 Å². The van der Waals surface area contributed by atoms with E-state index in [1.54, 1.807) is 5.06 Å². The molecule has 0 amide bonds. The molecule has 8 heteroatoms. The summed E-state index contributed by atoms with van der Waals surface area (Å²) in [6, 6.07) is 41.1. The highest BCUT2D eigenvalue weighted by atomic mass is 16.8. The molecule has 3 heterocycles. The Balaban J connectivity index is 0.993. The van der Waals surface area contributed by atoms with E-state index in [1.165, 1.54) is 11.1 Å². The lowest BCUT2D eigenvalue weighted by atomic mass is 9.64. The average molecular weight is 638 g/mol. The number of hydrogen-bond donors (Lipinski definition) is 1. The molecule has 2 aliphatic rings. The first-order valence-corrected chi connectivity index (χ1v) is 16.4. The first-order valence-electron chi connectivity index (χ1n) is 16.4. The average Bonchev–Trinajstić information content (AvgIpc) is 3.95. The summed E-state index contributed by atoms with van der Waals surface area (Å²) in [5, 5.41) is 13.2. The molecule has 2 unspecified atom stereocenters. The van der Waals surface area contributed by atoms with Gasteiger partial charge in [-0.3, -0.25) is 4.84 Å². The summed E-state index contributed by atoms with van der Waals surface area (Å²) < 4.78 is 12.3. The van der Waals surface area contributed by atoms with Crippen molar-refractivity contribution >= 4 is 27.8 Å². The number of aromatic nitrogens is 2. The number of benzene rings is 4. The second-order valence-corrected chi connectivity index (χ2v) is 12.6. The Morgan fingerprint density at radius 3 is 1.62 bits per heavy atom. The Hall–Kier alpha value is -5.31. The van der Waals surface area contributed by atoms with E-state index in [4.69, 9.17) is 24.3 Å². The highest BCUT2D eigenvalue weighted by molar-refractivity contribution is 5.79. The van der Waals surface area contributed by atoms with Gasteiger partial charge < -0.3 is 14.6 Å². The van der Waals surface area contributed by atoms with Crippen molar-refractivity contribution in [1.82, 2.24) is 15.0 Å². The number of pyridine rings is 2. The van der Waals surface area contributed by atoms with Gasteiger partial charge in [0.25, 0.3) is 6.23 Å². The van der Waals surface area contributed by atoms with E-state index < -0.39 is 12.2 Å². The van der Waals surface area contributed by atoms with Crippen LogP contribution in [0, 0.1) is 0 Å². The van der Waals surface area contributed by atoms with Crippen molar-refractivity contribution in [3.05, 3.63) is 144 Å². The number of hydroxylamine groups is 2. The highest BCUT2D eigenvalue weighted by Gasteiger charge is 2.51. The SMILES string of the molecule is O=C(O)C1ON1C1CCC(c2ccc(OCc3ccc4ccccc4n3)cc2)(c2ccc(OCc3ccc4ccccc4n3)cc2)CC1. The fourth-order valence-corrected chi connectivity index (χ4v) is 7.05. The Morgan fingerprint density at radius 1 is 0.688 bits per heavy atom. The number of hydrogen-bond acceptors (Lipinski definition) is 7. The van der Waals surface area contributed by atoms with Crippen LogP contribution in [0.2, 0.25) is 0 Å². The first-order chi connectivity index (χ1) is 23.5. The molecule has 1 aliphatic carbocycles. The van der Waals surface area contributed by atoms with Crippen LogP contribution < -0.4 is 9.47 Å². The molecule has 1 aliphatic heterocycles. The quantitative estimate of drug-likeness (QED) is 0.152. The number of carboxylic acids is 1. The van der Waals surface area contributed by atoms with Gasteiger partial charge >= 0.3 is 5.97 Å². The fourth-order valence-electron chi connectivity index (χ4n) is 7.05. The largest absolute Gasteiger partial charge is 0.487 e. The predicted octanol–water partition coefficient (Wildman–Crippen LogP) is 7.83. The van der Waals surface area contributed by atoms with Crippen molar-refractivity contribution < 1.29 is 24.2 Å². The van der Waals surface area contributed by atoms with Crippen LogP contribution in [0.5, 0.6) is 11.5 Å². The summed E-state index contributed by atoms with van der Waals surface area (Å²) in [7, 11) is 0. The maximum atomic E-state index is 11.5. The van der Waals surface area contributed by atoms with Crippen molar-refractivity contribution in [2.75, 3.05) is 0 Å². The van der Waals surface area contributed by atoms with Crippen LogP contribution in [-0.2, 0) is 28.3 Å². The smallest absolute Gasteiger partial charge is 0.352 e. The molecule has 1 saturated heterocycles. The lowest BCUT2D eigenvalue weighted by molar-refractivity contribution is -0.138. The number of rotatable bonds is 10. The molecule has 0 bridgehead atoms. The number of para-hydroxylation sites is 2. The van der Waals surface area contributed by atoms with E-state index in [1.807, 2.05) is 72.8 Å². The molecule has 1 saturated carbocycles. The number of carboxylic acid groups (broad SMARTS) is 1. The molecule has 240 valence electrons. The van der Waals surface area contributed by atoms with Crippen molar-refractivity contribution in [3.63, 3.8) is 0 Å². The van der Waals surface area contributed by atoms with Crippen molar-refractivity contribution in [1.29, 1.82) is 0 Å². The van der Waals surface area contributed by atoms with Crippen molar-refractivity contribution in [2.45, 2.75) is 56.6 Å². The monoisotopic (exact) mass is 637 g/mol. The second kappa shape index (κ2) is 12.7. The predicted molar refractivity (Wildman–Crippen MR) is 182 cm³/mol. The summed E-state index contributed by atoms with van der Waals surface area (Å²) in [4.78, 5) is 26.3. The van der Waals surface area contributed by atoms with Gasteiger partial charge in [0, 0.05) is 22.2 Å². The molecule has 1 N–H and O–H groups in total. The van der Waals surface area contributed by atoms with Crippen LogP contribution in [0.15, 0.2) is 121 Å². The summed E-state index contributed by atoms with van der Waals surface area (Å²) in [6.07, 6.45) is 2.52. The fraction of sp³-hybridized carbons (Fsp3) is 0.225. The minimum Gasteiger partial charge on any atom is -0.487 e. The van der Waals surface area contributed by atoms with Gasteiger partial charge in [0.1, 0.15) is 24.7 Å². The van der Waals surface area contributed by atoms with Crippen molar-refractivity contribution in [2.24, 2.45) is 0 Å². The van der Waals surface area contributed by atoms with Gasteiger partial charge in [0.05, 0.1) is 22.4 Å². The van der Waals surface area contributed by atoms with Gasteiger partial charge in [-0.2, -0.15) is 0 Å². The van der Waals surface area contributed by atoms with Crippen molar-refractivity contribution in [3.8, 4) is 11.5 Å². The number of aliphatic carboxylic acids is 1. The number of ether oxygens (including phenoxy) is 2. The molecule has 2 aromatic heterocycles. The third-order valence-corrected chi connectivity index (χ3v) is 9.69. The molecule has 0 spiro atoms. The van der Waals surface area contributed by atoms with Gasteiger partial charge in [-0.25, -0.2) is 14.8 Å². The summed E-state index contributed by atoms with van der Waals surface area (Å²) in [5.74, 6) is 0.631. The van der Waals surface area contributed by atoms with Crippen LogP contribution in [0.1, 0.15) is 48.2 Å². The number of carbonyl (C=O) groups is 1. The molecule has 48 heavy (non-hydrogen) atoms. The van der Waals surface area contributed by atoms with E-state index in [0.29, 0.717) is 13.2 Å². The Morgan fingerprint density at radius 2 is 1.17 bits per heavy atom. The van der Waals surface area contributed by atoms with Crippen LogP contribution in [0.3, 0.4) is 0 Å². The Kier molecular flexibility index (Phi) is 7.96. The highest BCUT2D eigenvalue weighted by Crippen LogP contribution is 2.48. The van der Waals surface area contributed by atoms with Gasteiger partial charge in [0.2, 0.25) is 0 Å². The summed E-state index contributed by atoms with van der Waals surface area (Å²) >= 11 is 0. The second-order valence-electron chi connectivity index (χ2n) is 12.6. The molecule has 4 aromatic carbocycles. The molecular weight excluding hydrogens is 602 g/mol. The van der Waals surface area contributed by atoms with Gasteiger partial charge in [-0.1, -0.05) is 72.8 Å². The van der Waals surface area contributed by atoms with Gasteiger partial charge in [0.15, 0.2) is 0 Å². The van der Waals surface area contributed by atoms with E-state index in [2.05, 4.69) is 48.5 Å². The lowest BCUT2D eigenvalue weighted by Crippen LogP contribution is -2.38. The van der Waals surface area contributed by atoms with E-state index in [9.17, 15) is 9.90 Å². The van der Waals surface area contributed by atoms with E-state index in [0.717, 1.165) is 70.4 Å². The normalized spacial score (nSPS) is 18.8. The zero-order valence-electron chi connectivity index (χ0n) is 26.4. The zero-order valence-corrected chi connectivity index (χ0v) is 26.4. The Bertz CT molecular complexity index is 1950. The summed E-state index contributed by atoms with van der Waals surface area (Å²) in [5.41, 5.74) is 5.82. The van der Waals surface area contributed by atoms with Gasteiger partial charge in [-0.15, -0.1) is 5.06 Å². The molecular formula is C40H35N3O5. The third kappa shape index (κ3) is 6.08. The van der Waals surface area contributed by atoms with Crippen LogP contribution in [-0.4, -0.2) is 38.4 Å². The minimum atomic E-state index is -0.934. The standard InChI is InChI=1S/C40H35N3O5/c44-39(45)38-43(48-38)33-21-23-40(24-22-33,29-11-17-34(18-12-29)46-25-31-15-9-27-5-1-3-7-36(27)41-31)30-13-19-35(20-14-30)47-26-32-16-10-28-6-2-4-8-37(28)42-32/h1-20,33,38H,21-26H2,(H,44,45). The maximum absolute atomic E-state index is 11.5. The Labute approximate surface area is 278 Å². The third-order valence-electron chi connectivity index (χ3n) is 9.69. The molecule has 6 aromatic rings. The first kappa shape index (κ1) is 30.1. The molecule has 2 atom stereocenters. The molecule has 0 radical (unpaired) electrons. The maximum Gasteiger partial charge on any atom is 0.352 e. The lowest BCUT2D eigenvalue weighted by Gasteiger charge is -2.41. The molecule has 8 rings (SSSR count). The van der Waals surface area contributed by atoms with E-state index >= 15 is 0 Å². The minimum absolute atomic E-state index is 0.0772. The van der Waals surface area contributed by atoms with E-state index in [-0.39, 0.29) is 11.5 Å². The van der Waals surface area contributed by atoms with Crippen LogP contribution >= 0.6 is 0 Å².